The molecule has 1 aromatic heterocycles. The molecule has 0 atom stereocenters. The van der Waals surface area contributed by atoms with Gasteiger partial charge in [0.15, 0.2) is 0 Å². The fraction of sp³-hybridized carbons (Fsp3) is 0.615. The lowest BCUT2D eigenvalue weighted by Gasteiger charge is -2.27. The summed E-state index contributed by atoms with van der Waals surface area (Å²) in [4.78, 5) is 8.85. The van der Waals surface area contributed by atoms with E-state index in [0.717, 1.165) is 30.7 Å². The molecule has 0 unspecified atom stereocenters. The van der Waals surface area contributed by atoms with E-state index < -0.39 is 0 Å². The summed E-state index contributed by atoms with van der Waals surface area (Å²) in [5.41, 5.74) is 2.70. The van der Waals surface area contributed by atoms with Crippen molar-refractivity contribution >= 4 is 0 Å². The van der Waals surface area contributed by atoms with Crippen molar-refractivity contribution in [2.45, 2.75) is 96.8 Å². The van der Waals surface area contributed by atoms with Crippen LogP contribution in [0.3, 0.4) is 0 Å². The summed E-state index contributed by atoms with van der Waals surface area (Å²) in [6.07, 6.45) is 16.5. The van der Waals surface area contributed by atoms with Gasteiger partial charge in [0.2, 0.25) is 5.95 Å². The van der Waals surface area contributed by atoms with E-state index in [4.69, 9.17) is 0 Å². The van der Waals surface area contributed by atoms with Crippen LogP contribution in [-0.4, -0.2) is 9.97 Å². The van der Waals surface area contributed by atoms with E-state index in [9.17, 15) is 4.39 Å². The van der Waals surface area contributed by atoms with Crippen LogP contribution in [0.15, 0.2) is 30.5 Å². The third-order valence-electron chi connectivity index (χ3n) is 6.52. The summed E-state index contributed by atoms with van der Waals surface area (Å²) in [6, 6.07) is 8.23. The molecule has 2 nitrogen and oxygen atoms in total. The summed E-state index contributed by atoms with van der Waals surface area (Å²) < 4.78 is 14.8. The third kappa shape index (κ3) is 6.35. The van der Waals surface area contributed by atoms with E-state index in [1.165, 1.54) is 63.4 Å². The minimum Gasteiger partial charge on any atom is -0.240 e. The lowest BCUT2D eigenvalue weighted by atomic mass is 9.79. The van der Waals surface area contributed by atoms with E-state index in [1.807, 2.05) is 12.1 Å². The molecular weight excluding hydrogens is 359 g/mol. The van der Waals surface area contributed by atoms with Crippen LogP contribution in [-0.2, 0) is 6.42 Å². The molecule has 0 amide bonds. The number of hydrogen-bond donors (Lipinski definition) is 0. The quantitative estimate of drug-likeness (QED) is 0.301. The summed E-state index contributed by atoms with van der Waals surface area (Å²) in [7, 11) is 0. The average molecular weight is 397 g/mol. The van der Waals surface area contributed by atoms with Gasteiger partial charge in [0.25, 0.3) is 0 Å². The minimum absolute atomic E-state index is 0.321. The van der Waals surface area contributed by atoms with Crippen LogP contribution in [0, 0.1) is 11.9 Å². The molecule has 0 bridgehead atoms. The van der Waals surface area contributed by atoms with Gasteiger partial charge in [0, 0.05) is 12.1 Å². The van der Waals surface area contributed by atoms with Crippen LogP contribution >= 0.6 is 0 Å². The Morgan fingerprint density at radius 2 is 1.59 bits per heavy atom. The topological polar surface area (TPSA) is 25.8 Å². The van der Waals surface area contributed by atoms with E-state index in [-0.39, 0.29) is 5.95 Å². The number of aromatic nitrogens is 2. The monoisotopic (exact) mass is 396 g/mol. The summed E-state index contributed by atoms with van der Waals surface area (Å²) in [6.45, 7) is 4.48. The molecule has 1 saturated carbocycles. The van der Waals surface area contributed by atoms with Crippen LogP contribution in [0.4, 0.5) is 4.39 Å². The lowest BCUT2D eigenvalue weighted by Crippen LogP contribution is -2.16. The Hall–Kier alpha value is -1.77. The Bertz CT molecular complexity index is 733. The summed E-state index contributed by atoms with van der Waals surface area (Å²) in [5, 5.41) is 0. The highest BCUT2D eigenvalue weighted by atomic mass is 19.1. The molecule has 29 heavy (non-hydrogen) atoms. The molecule has 3 rings (SSSR count). The number of halogens is 1. The number of hydrogen-bond acceptors (Lipinski definition) is 2. The van der Waals surface area contributed by atoms with Crippen LogP contribution in [0.25, 0.3) is 11.1 Å². The van der Waals surface area contributed by atoms with Gasteiger partial charge in [-0.15, -0.1) is 0 Å². The molecule has 0 N–H and O–H groups in total. The Morgan fingerprint density at radius 3 is 2.24 bits per heavy atom. The standard InChI is InChI=1S/C26H37FN2/c1-3-5-7-9-20-11-15-22(16-12-20)24-19-28-26(29-25(24)27)23-17-13-21(14-18-23)10-8-6-4-2/h11-12,15-16,19,21,23H,3-10,13-14,17-18H2,1-2H3/t21-,23-. The van der Waals surface area contributed by atoms with E-state index in [1.54, 1.807) is 6.20 Å². The highest BCUT2D eigenvalue weighted by Crippen LogP contribution is 2.37. The molecule has 1 aliphatic rings. The highest BCUT2D eigenvalue weighted by Gasteiger charge is 2.24. The van der Waals surface area contributed by atoms with Crippen molar-refractivity contribution in [2.24, 2.45) is 5.92 Å². The number of unbranched alkanes of at least 4 members (excludes halogenated alkanes) is 4. The Kier molecular flexibility index (Phi) is 8.64. The first kappa shape index (κ1) is 21.9. The molecule has 2 aromatic rings. The largest absolute Gasteiger partial charge is 0.240 e. The van der Waals surface area contributed by atoms with Crippen LogP contribution in [0.5, 0.6) is 0 Å². The second-order valence-corrected chi connectivity index (χ2v) is 8.80. The molecular formula is C26H37FN2. The zero-order valence-electron chi connectivity index (χ0n) is 18.3. The fourth-order valence-corrected chi connectivity index (χ4v) is 4.59. The van der Waals surface area contributed by atoms with Crippen LogP contribution in [0.2, 0.25) is 0 Å². The first-order chi connectivity index (χ1) is 14.2. The molecule has 0 saturated heterocycles. The van der Waals surface area contributed by atoms with Gasteiger partial charge >= 0.3 is 0 Å². The van der Waals surface area contributed by atoms with Gasteiger partial charge in [-0.1, -0.05) is 76.6 Å². The molecule has 158 valence electrons. The first-order valence-electron chi connectivity index (χ1n) is 11.8. The average Bonchev–Trinajstić information content (AvgIpc) is 2.75. The van der Waals surface area contributed by atoms with Crippen LogP contribution in [0.1, 0.15) is 102 Å². The molecule has 0 aliphatic heterocycles. The number of nitrogens with zero attached hydrogens (tertiary/aromatic N) is 2. The smallest absolute Gasteiger partial charge is 0.224 e. The summed E-state index contributed by atoms with van der Waals surface area (Å²) >= 11 is 0. The Labute approximate surface area is 176 Å². The fourth-order valence-electron chi connectivity index (χ4n) is 4.59. The predicted molar refractivity (Wildman–Crippen MR) is 119 cm³/mol. The van der Waals surface area contributed by atoms with Crippen molar-refractivity contribution in [3.05, 3.63) is 47.8 Å². The van der Waals surface area contributed by atoms with Crippen molar-refractivity contribution in [3.8, 4) is 11.1 Å². The van der Waals surface area contributed by atoms with Gasteiger partial charge < -0.3 is 0 Å². The molecule has 1 aliphatic carbocycles. The number of rotatable bonds is 10. The maximum Gasteiger partial charge on any atom is 0.224 e. The molecule has 1 aromatic carbocycles. The van der Waals surface area contributed by atoms with E-state index >= 15 is 0 Å². The third-order valence-corrected chi connectivity index (χ3v) is 6.52. The zero-order chi connectivity index (χ0) is 20.5. The first-order valence-corrected chi connectivity index (χ1v) is 11.8. The molecule has 1 fully saturated rings. The maximum atomic E-state index is 14.8. The second kappa shape index (κ2) is 11.4. The highest BCUT2D eigenvalue weighted by molar-refractivity contribution is 5.62. The van der Waals surface area contributed by atoms with E-state index in [0.29, 0.717) is 17.3 Å². The minimum atomic E-state index is -0.376. The normalized spacial score (nSPS) is 19.4. The van der Waals surface area contributed by atoms with Crippen molar-refractivity contribution in [1.29, 1.82) is 0 Å². The number of aryl methyl sites for hydroxylation is 1. The number of benzene rings is 1. The van der Waals surface area contributed by atoms with E-state index in [2.05, 4.69) is 35.9 Å². The maximum absolute atomic E-state index is 14.8. The van der Waals surface area contributed by atoms with Gasteiger partial charge in [-0.3, -0.25) is 0 Å². The van der Waals surface area contributed by atoms with Gasteiger partial charge in [0.1, 0.15) is 5.82 Å². The van der Waals surface area contributed by atoms with Gasteiger partial charge in [-0.05, 0) is 55.6 Å². The molecule has 1 heterocycles. The van der Waals surface area contributed by atoms with Gasteiger partial charge in [0.05, 0.1) is 5.56 Å². The van der Waals surface area contributed by atoms with Gasteiger partial charge in [-0.2, -0.15) is 4.39 Å². The predicted octanol–water partition coefficient (Wildman–Crippen LogP) is 7.87. The SMILES string of the molecule is CCCCCc1ccc(-c2cnc([C@H]3CC[C@H](CCCCC)CC3)nc2F)cc1. The van der Waals surface area contributed by atoms with Crippen molar-refractivity contribution < 1.29 is 4.39 Å². The molecule has 3 heteroatoms. The molecule has 0 spiro atoms. The van der Waals surface area contributed by atoms with Crippen molar-refractivity contribution in [1.82, 2.24) is 9.97 Å². The van der Waals surface area contributed by atoms with Gasteiger partial charge in [-0.25, -0.2) is 9.97 Å². The zero-order valence-corrected chi connectivity index (χ0v) is 18.3. The Balaban J connectivity index is 1.58. The lowest BCUT2D eigenvalue weighted by molar-refractivity contribution is 0.296. The molecule has 0 radical (unpaired) electrons. The summed E-state index contributed by atoms with van der Waals surface area (Å²) in [5.74, 6) is 1.49. The van der Waals surface area contributed by atoms with Crippen LogP contribution < -0.4 is 0 Å². The Morgan fingerprint density at radius 1 is 0.897 bits per heavy atom. The van der Waals surface area contributed by atoms with Crippen molar-refractivity contribution in [3.63, 3.8) is 0 Å². The second-order valence-electron chi connectivity index (χ2n) is 8.80. The van der Waals surface area contributed by atoms with Crippen molar-refractivity contribution in [2.75, 3.05) is 0 Å².